The van der Waals surface area contributed by atoms with Crippen molar-refractivity contribution in [2.75, 3.05) is 13.3 Å². The summed E-state index contributed by atoms with van der Waals surface area (Å²) < 4.78 is 0. The number of carbonyl (C=O) groups is 1. The second-order valence-electron chi connectivity index (χ2n) is 1.44. The first kappa shape index (κ1) is 9.29. The molecule has 0 unspecified atom stereocenters. The predicted octanol–water partition coefficient (Wildman–Crippen LogP) is 1.04. The molecule has 0 saturated heterocycles. The van der Waals surface area contributed by atoms with E-state index >= 15 is 0 Å². The molecule has 0 atom stereocenters. The van der Waals surface area contributed by atoms with Crippen molar-refractivity contribution in [3.8, 4) is 0 Å². The van der Waals surface area contributed by atoms with Gasteiger partial charge in [0.2, 0.25) is 0 Å². The topological polar surface area (TPSA) is 50.7 Å². The average Bonchev–Trinajstić information content (AvgIpc) is 1.99. The molecule has 0 rings (SSSR count). The zero-order chi connectivity index (χ0) is 7.98. The molecule has 5 heteroatoms. The van der Waals surface area contributed by atoms with Gasteiger partial charge < -0.3 is 5.32 Å². The summed E-state index contributed by atoms with van der Waals surface area (Å²) in [5.74, 6) is 0. The number of hydrogen-bond donors (Lipinski definition) is 1. The Bertz CT molecular complexity index is 147. The Morgan fingerprint density at radius 3 is 2.70 bits per heavy atom. The molecule has 0 aliphatic rings. The molecule has 0 aliphatic carbocycles. The largest absolute Gasteiger partial charge is 0.433 e. The molecule has 0 saturated carbocycles. The van der Waals surface area contributed by atoms with Gasteiger partial charge in [-0.1, -0.05) is 5.16 Å². The van der Waals surface area contributed by atoms with Crippen LogP contribution in [0.15, 0.2) is 5.16 Å². The number of carbonyl (C=O) groups excluding carboxylic acids is 1. The number of rotatable bonds is 1. The zero-order valence-electron chi connectivity index (χ0n) is 6.17. The molecule has 10 heavy (non-hydrogen) atoms. The molecule has 0 aromatic rings. The molecular formula is C5H10N2O2S. The summed E-state index contributed by atoms with van der Waals surface area (Å²) in [5, 5.41) is 6.46. The van der Waals surface area contributed by atoms with Gasteiger partial charge in [-0.15, -0.1) is 11.8 Å². The quantitative estimate of drug-likeness (QED) is 0.158. The van der Waals surface area contributed by atoms with Crippen molar-refractivity contribution < 1.29 is 9.63 Å². The molecule has 0 spiro atoms. The van der Waals surface area contributed by atoms with E-state index in [0.29, 0.717) is 5.04 Å². The van der Waals surface area contributed by atoms with Gasteiger partial charge in [-0.05, 0) is 13.2 Å². The van der Waals surface area contributed by atoms with Gasteiger partial charge in [0, 0.05) is 7.05 Å². The van der Waals surface area contributed by atoms with Gasteiger partial charge in [0.15, 0.2) is 0 Å². The van der Waals surface area contributed by atoms with E-state index in [1.54, 1.807) is 6.92 Å². The molecule has 0 aliphatic heterocycles. The second-order valence-corrected chi connectivity index (χ2v) is 2.44. The van der Waals surface area contributed by atoms with Crippen molar-refractivity contribution >= 4 is 22.9 Å². The van der Waals surface area contributed by atoms with Crippen molar-refractivity contribution in [2.24, 2.45) is 5.16 Å². The highest BCUT2D eigenvalue weighted by molar-refractivity contribution is 8.13. The molecule has 58 valence electrons. The van der Waals surface area contributed by atoms with Gasteiger partial charge in [0.1, 0.15) is 5.04 Å². The van der Waals surface area contributed by atoms with E-state index in [2.05, 4.69) is 15.3 Å². The minimum atomic E-state index is -0.548. The summed E-state index contributed by atoms with van der Waals surface area (Å²) in [6, 6.07) is 0. The van der Waals surface area contributed by atoms with Crippen molar-refractivity contribution in [3.63, 3.8) is 0 Å². The molecule has 0 fully saturated rings. The molecular weight excluding hydrogens is 155 g/mol. The Balaban J connectivity index is 3.61. The van der Waals surface area contributed by atoms with Crippen LogP contribution in [-0.4, -0.2) is 24.4 Å². The monoisotopic (exact) mass is 165 g/mol. The SMILES string of the molecule is CNC(=O)O[15N]=[13C]([13CH3])SC. The van der Waals surface area contributed by atoms with Crippen LogP contribution in [0.3, 0.4) is 0 Å². The lowest BCUT2D eigenvalue weighted by molar-refractivity contribution is 0.153. The van der Waals surface area contributed by atoms with Crippen molar-refractivity contribution in [1.82, 2.24) is 5.32 Å². The fourth-order valence-electron chi connectivity index (χ4n) is 0.189. The maximum absolute atomic E-state index is 10.4. The van der Waals surface area contributed by atoms with Crippen LogP contribution in [0.5, 0.6) is 0 Å². The van der Waals surface area contributed by atoms with Gasteiger partial charge >= 0.3 is 6.09 Å². The minimum Gasteiger partial charge on any atom is -0.323 e. The number of oxime groups is 1. The van der Waals surface area contributed by atoms with Crippen LogP contribution in [0.25, 0.3) is 0 Å². The number of hydrogen-bond acceptors (Lipinski definition) is 4. The van der Waals surface area contributed by atoms with Gasteiger partial charge in [-0.3, -0.25) is 4.84 Å². The lowest BCUT2D eigenvalue weighted by Crippen LogP contribution is -2.16. The molecule has 4 nitrogen and oxygen atoms in total. The Morgan fingerprint density at radius 2 is 2.30 bits per heavy atom. The Morgan fingerprint density at radius 1 is 1.70 bits per heavy atom. The van der Waals surface area contributed by atoms with E-state index in [0.717, 1.165) is 0 Å². The van der Waals surface area contributed by atoms with Crippen molar-refractivity contribution in [1.29, 1.82) is 0 Å². The first-order valence-corrected chi connectivity index (χ1v) is 3.90. The third kappa shape index (κ3) is 4.20. The van der Waals surface area contributed by atoms with Crippen LogP contribution in [0, 0.1) is 0 Å². The summed E-state index contributed by atoms with van der Waals surface area (Å²) in [5.41, 5.74) is 0. The third-order valence-corrected chi connectivity index (χ3v) is 1.42. The van der Waals surface area contributed by atoms with Gasteiger partial charge in [0.25, 0.3) is 0 Å². The van der Waals surface area contributed by atoms with E-state index in [-0.39, 0.29) is 0 Å². The molecule has 0 heterocycles. The van der Waals surface area contributed by atoms with E-state index in [9.17, 15) is 4.79 Å². The van der Waals surface area contributed by atoms with Crippen LogP contribution < -0.4 is 5.32 Å². The summed E-state index contributed by atoms with van der Waals surface area (Å²) in [6.07, 6.45) is 1.31. The van der Waals surface area contributed by atoms with E-state index in [4.69, 9.17) is 0 Å². The van der Waals surface area contributed by atoms with Crippen LogP contribution in [0.2, 0.25) is 0 Å². The lowest BCUT2D eigenvalue weighted by atomic mass is 11.1. The normalized spacial score (nSPS) is 10.9. The zero-order valence-corrected chi connectivity index (χ0v) is 6.99. The predicted molar refractivity (Wildman–Crippen MR) is 42.2 cm³/mol. The van der Waals surface area contributed by atoms with Crippen molar-refractivity contribution in [3.05, 3.63) is 0 Å². The van der Waals surface area contributed by atoms with Crippen molar-refractivity contribution in [2.45, 2.75) is 6.92 Å². The highest BCUT2D eigenvalue weighted by Gasteiger charge is 1.94. The summed E-state index contributed by atoms with van der Waals surface area (Å²) >= 11 is 1.42. The Hall–Kier alpha value is -0.710. The Labute approximate surface area is 64.0 Å². The summed E-state index contributed by atoms with van der Waals surface area (Å²) in [4.78, 5) is 14.7. The minimum absolute atomic E-state index is 0.548. The maximum atomic E-state index is 10.4. The molecule has 0 aromatic carbocycles. The van der Waals surface area contributed by atoms with E-state index < -0.39 is 6.09 Å². The Kier molecular flexibility index (Phi) is 4.74. The first-order valence-electron chi connectivity index (χ1n) is 2.68. The molecule has 0 aromatic heterocycles. The van der Waals surface area contributed by atoms with Crippen LogP contribution in [0.4, 0.5) is 4.79 Å². The smallest absolute Gasteiger partial charge is 0.323 e. The number of amides is 1. The lowest BCUT2D eigenvalue weighted by Gasteiger charge is -1.95. The van der Waals surface area contributed by atoms with Gasteiger partial charge in [-0.25, -0.2) is 4.79 Å². The van der Waals surface area contributed by atoms with E-state index in [1.807, 2.05) is 6.26 Å². The molecule has 0 radical (unpaired) electrons. The van der Waals surface area contributed by atoms with Gasteiger partial charge in [-0.2, -0.15) is 0 Å². The van der Waals surface area contributed by atoms with E-state index in [1.165, 1.54) is 18.8 Å². The first-order chi connectivity index (χ1) is 4.70. The number of thioether (sulfide) groups is 1. The molecule has 1 N–H and O–H groups in total. The number of nitrogens with one attached hydrogen (secondary N) is 1. The maximum Gasteiger partial charge on any atom is 0.433 e. The molecule has 1 amide bonds. The highest BCUT2D eigenvalue weighted by Crippen LogP contribution is 1.96. The average molecular weight is 165 g/mol. The fourth-order valence-corrected chi connectivity index (χ4v) is 0.300. The third-order valence-electron chi connectivity index (χ3n) is 0.757. The fraction of sp³-hybridized carbons (Fsp3) is 0.600. The van der Waals surface area contributed by atoms with Gasteiger partial charge in [0.05, 0.1) is 0 Å². The standard InChI is InChI=1S/C5H10N2O2S/c1-4(10-3)7-9-5(8)6-2/h1-3H3,(H,6,8)/i1+1,4+1,7+1. The number of nitrogens with zero attached hydrogens (tertiary/aromatic N) is 1. The summed E-state index contributed by atoms with van der Waals surface area (Å²) in [7, 11) is 1.48. The highest BCUT2D eigenvalue weighted by atomic mass is 32.2. The molecule has 0 bridgehead atoms. The van der Waals surface area contributed by atoms with Crippen LogP contribution in [0.1, 0.15) is 6.92 Å². The van der Waals surface area contributed by atoms with Crippen LogP contribution in [-0.2, 0) is 4.84 Å². The summed E-state index contributed by atoms with van der Waals surface area (Å²) in [6.45, 7) is 1.76. The van der Waals surface area contributed by atoms with Crippen LogP contribution >= 0.6 is 11.8 Å². The second kappa shape index (κ2) is 5.10.